The van der Waals surface area contributed by atoms with Crippen molar-refractivity contribution in [1.29, 1.82) is 0 Å². The monoisotopic (exact) mass is 744 g/mol. The van der Waals surface area contributed by atoms with Gasteiger partial charge in [-0.15, -0.1) is 11.8 Å². The number of rotatable bonds is 13. The van der Waals surface area contributed by atoms with Crippen LogP contribution in [0.1, 0.15) is 58.0 Å². The van der Waals surface area contributed by atoms with Gasteiger partial charge < -0.3 is 23.7 Å². The summed E-state index contributed by atoms with van der Waals surface area (Å²) in [6, 6.07) is 20.7. The number of methoxy groups -OCH3 is 2. The number of ketones is 1. The van der Waals surface area contributed by atoms with Crippen molar-refractivity contribution >= 4 is 64.5 Å². The lowest BCUT2D eigenvalue weighted by molar-refractivity contribution is -0.117. The van der Waals surface area contributed by atoms with Crippen LogP contribution in [0.2, 0.25) is 0 Å². The number of Topliss-reactive ketones (excluding diaryl/α,β-unsaturated/α-hetero) is 1. The van der Waals surface area contributed by atoms with Crippen LogP contribution in [0.15, 0.2) is 81.6 Å². The number of nitrogens with zero attached hydrogens (tertiary/aromatic N) is 4. The third-order valence-corrected chi connectivity index (χ3v) is 11.1. The fourth-order valence-corrected chi connectivity index (χ4v) is 8.36. The number of anilines is 2. The minimum atomic E-state index is -0.201. The van der Waals surface area contributed by atoms with E-state index in [1.165, 1.54) is 0 Å². The SMILES string of the molecule is COc1cc2c(cc1OCCCOc1cc3c(cc1OC)C(=O)N1c4ccc(SCCCC(C)=O)cc4C[C@H]1C=N3)N=C[C@@H]1Cc3ccccc3N1C2=O. The first kappa shape index (κ1) is 35.4. The van der Waals surface area contributed by atoms with Gasteiger partial charge in [0.1, 0.15) is 5.78 Å². The molecule has 2 atom stereocenters. The smallest absolute Gasteiger partial charge is 0.261 e. The fourth-order valence-electron chi connectivity index (χ4n) is 7.44. The van der Waals surface area contributed by atoms with E-state index in [9.17, 15) is 14.4 Å². The van der Waals surface area contributed by atoms with Crippen LogP contribution in [0.4, 0.5) is 22.7 Å². The van der Waals surface area contributed by atoms with Gasteiger partial charge >= 0.3 is 0 Å². The maximum Gasteiger partial charge on any atom is 0.261 e. The predicted octanol–water partition coefficient (Wildman–Crippen LogP) is 7.59. The zero-order valence-corrected chi connectivity index (χ0v) is 31.2. The summed E-state index contributed by atoms with van der Waals surface area (Å²) >= 11 is 1.73. The lowest BCUT2D eigenvalue weighted by Crippen LogP contribution is -2.37. The molecule has 4 aromatic carbocycles. The topological polar surface area (TPSA) is 119 Å². The summed E-state index contributed by atoms with van der Waals surface area (Å²) in [5.74, 6) is 2.66. The molecule has 54 heavy (non-hydrogen) atoms. The van der Waals surface area contributed by atoms with Gasteiger partial charge in [-0.05, 0) is 66.6 Å². The Bertz CT molecular complexity index is 2220. The van der Waals surface area contributed by atoms with Crippen molar-refractivity contribution in [3.63, 3.8) is 0 Å². The van der Waals surface area contributed by atoms with Crippen LogP contribution >= 0.6 is 11.8 Å². The number of aliphatic imine (C=N–C) groups is 2. The van der Waals surface area contributed by atoms with Crippen LogP contribution in [0.3, 0.4) is 0 Å². The van der Waals surface area contributed by atoms with Crippen LogP contribution in [0.25, 0.3) is 0 Å². The standard InChI is InChI=1S/C42H40N4O7S/c1-25(47)8-6-15-54-30-11-12-36-27(18-30)17-29-24-44-34-22-40(38(51-3)20-32(34)42(49)46(29)36)53-14-7-13-52-39-21-33-31(19-37(39)50-2)41(48)45-28(23-43-33)16-26-9-4-5-10-35(26)45/h4-5,9-12,18-24,28-29H,6-8,13-17H2,1-3H3/t28-,29-/m0/s1. The average molecular weight is 745 g/mol. The van der Waals surface area contributed by atoms with Gasteiger partial charge in [-0.3, -0.25) is 29.4 Å². The molecule has 2 amide bonds. The van der Waals surface area contributed by atoms with Gasteiger partial charge in [0.2, 0.25) is 0 Å². The first-order chi connectivity index (χ1) is 26.3. The van der Waals surface area contributed by atoms with Gasteiger partial charge in [-0.1, -0.05) is 18.2 Å². The highest BCUT2D eigenvalue weighted by molar-refractivity contribution is 7.99. The second-order valence-electron chi connectivity index (χ2n) is 13.6. The molecule has 0 saturated carbocycles. The van der Waals surface area contributed by atoms with E-state index in [1.54, 1.807) is 62.1 Å². The number of hydrogen-bond acceptors (Lipinski definition) is 10. The van der Waals surface area contributed by atoms with Crippen molar-refractivity contribution in [2.75, 3.05) is 43.0 Å². The average Bonchev–Trinajstić information content (AvgIpc) is 3.66. The molecule has 4 aliphatic heterocycles. The third-order valence-electron chi connectivity index (χ3n) is 10.1. The van der Waals surface area contributed by atoms with E-state index in [-0.39, 0.29) is 29.7 Å². The number of hydrogen-bond donors (Lipinski definition) is 0. The van der Waals surface area contributed by atoms with Crippen molar-refractivity contribution in [2.24, 2.45) is 9.98 Å². The Morgan fingerprint density at radius 3 is 1.89 bits per heavy atom. The van der Waals surface area contributed by atoms with Gasteiger partial charge in [-0.25, -0.2) is 0 Å². The molecule has 4 aromatic rings. The largest absolute Gasteiger partial charge is 0.493 e. The molecule has 0 fully saturated rings. The van der Waals surface area contributed by atoms with Crippen molar-refractivity contribution in [3.05, 3.63) is 89.0 Å². The number of carbonyl (C=O) groups is 3. The molecule has 8 rings (SSSR count). The number of carbonyl (C=O) groups excluding carboxylic acids is 3. The Kier molecular flexibility index (Phi) is 9.85. The van der Waals surface area contributed by atoms with Gasteiger partial charge in [0.15, 0.2) is 23.0 Å². The van der Waals surface area contributed by atoms with Crippen LogP contribution in [-0.2, 0) is 17.6 Å². The molecule has 0 spiro atoms. The van der Waals surface area contributed by atoms with Crippen LogP contribution < -0.4 is 28.7 Å². The Balaban J connectivity index is 0.908. The minimum Gasteiger partial charge on any atom is -0.493 e. The van der Waals surface area contributed by atoms with Crippen LogP contribution in [0, 0.1) is 0 Å². The molecule has 0 saturated heterocycles. The Morgan fingerprint density at radius 2 is 1.30 bits per heavy atom. The number of thioether (sulfide) groups is 1. The lowest BCUT2D eigenvalue weighted by Gasteiger charge is -2.22. The minimum absolute atomic E-state index is 0.121. The van der Waals surface area contributed by atoms with Crippen LogP contribution in [-0.4, -0.2) is 75.3 Å². The van der Waals surface area contributed by atoms with Crippen molar-refractivity contribution < 1.29 is 33.3 Å². The first-order valence-corrected chi connectivity index (χ1v) is 19.1. The highest BCUT2D eigenvalue weighted by atomic mass is 32.2. The van der Waals surface area contributed by atoms with Gasteiger partial charge in [0.25, 0.3) is 11.8 Å². The molecule has 0 aromatic heterocycles. The zero-order chi connectivity index (χ0) is 37.3. The normalized spacial score (nSPS) is 17.5. The van der Waals surface area contributed by atoms with Gasteiger partial charge in [0.05, 0.1) is 62.0 Å². The molecule has 0 bridgehead atoms. The summed E-state index contributed by atoms with van der Waals surface area (Å²) in [7, 11) is 3.10. The molecule has 12 heteroatoms. The molecular weight excluding hydrogens is 705 g/mol. The molecule has 276 valence electrons. The van der Waals surface area contributed by atoms with E-state index in [0.717, 1.165) is 46.0 Å². The summed E-state index contributed by atoms with van der Waals surface area (Å²) in [6.45, 7) is 2.24. The molecule has 4 heterocycles. The lowest BCUT2D eigenvalue weighted by atomic mass is 10.1. The Hall–Kier alpha value is -5.62. The van der Waals surface area contributed by atoms with E-state index in [4.69, 9.17) is 23.9 Å². The second kappa shape index (κ2) is 15.0. The molecule has 11 nitrogen and oxygen atoms in total. The summed E-state index contributed by atoms with van der Waals surface area (Å²) in [6.07, 6.45) is 7.02. The van der Waals surface area contributed by atoms with E-state index in [1.807, 2.05) is 53.7 Å². The molecule has 0 aliphatic carbocycles. The molecule has 0 radical (unpaired) electrons. The van der Waals surface area contributed by atoms with Gasteiger partial charge in [0, 0.05) is 66.5 Å². The van der Waals surface area contributed by atoms with E-state index >= 15 is 0 Å². The second-order valence-corrected chi connectivity index (χ2v) is 14.8. The summed E-state index contributed by atoms with van der Waals surface area (Å²) in [5, 5.41) is 0. The van der Waals surface area contributed by atoms with E-state index in [0.29, 0.717) is 78.0 Å². The number of para-hydroxylation sites is 1. The highest BCUT2D eigenvalue weighted by Gasteiger charge is 2.38. The molecule has 0 unspecified atom stereocenters. The number of fused-ring (bicyclic) bond motifs is 8. The number of ether oxygens (including phenoxy) is 4. The zero-order valence-electron chi connectivity index (χ0n) is 30.4. The Morgan fingerprint density at radius 1 is 0.722 bits per heavy atom. The first-order valence-electron chi connectivity index (χ1n) is 18.1. The van der Waals surface area contributed by atoms with Crippen molar-refractivity contribution in [2.45, 2.75) is 56.0 Å². The summed E-state index contributed by atoms with van der Waals surface area (Å²) in [5.41, 5.74) is 5.98. The maximum atomic E-state index is 14.0. The number of amides is 2. The summed E-state index contributed by atoms with van der Waals surface area (Å²) in [4.78, 5) is 53.2. The highest BCUT2D eigenvalue weighted by Crippen LogP contribution is 2.43. The quantitative estimate of drug-likeness (QED) is 0.102. The van der Waals surface area contributed by atoms with Gasteiger partial charge in [-0.2, -0.15) is 0 Å². The molecular formula is C42H40N4O7S. The third kappa shape index (κ3) is 6.70. The van der Waals surface area contributed by atoms with E-state index in [2.05, 4.69) is 11.1 Å². The molecule has 4 aliphatic rings. The summed E-state index contributed by atoms with van der Waals surface area (Å²) < 4.78 is 23.6. The number of benzene rings is 4. The fraction of sp³-hybridized carbons (Fsp3) is 0.310. The Labute approximate surface area is 318 Å². The molecule has 0 N–H and O–H groups in total. The van der Waals surface area contributed by atoms with Crippen molar-refractivity contribution in [1.82, 2.24) is 0 Å². The maximum absolute atomic E-state index is 14.0. The van der Waals surface area contributed by atoms with E-state index < -0.39 is 0 Å². The predicted molar refractivity (Wildman–Crippen MR) is 210 cm³/mol. The van der Waals surface area contributed by atoms with Crippen molar-refractivity contribution in [3.8, 4) is 23.0 Å². The van der Waals surface area contributed by atoms with Crippen LogP contribution in [0.5, 0.6) is 23.0 Å².